The molecule has 1 saturated heterocycles. The molecule has 1 aromatic rings. The number of carbonyl (C=O) groups excluding carboxylic acids is 1. The van der Waals surface area contributed by atoms with E-state index in [9.17, 15) is 4.79 Å². The SMILES string of the molecule is O=C(NCCc1cc(Cl)c2c(c1)OCCO2)C1CCOCC1. The summed E-state index contributed by atoms with van der Waals surface area (Å²) in [5, 5.41) is 3.55. The lowest BCUT2D eigenvalue weighted by Crippen LogP contribution is -2.35. The third-order valence-electron chi connectivity index (χ3n) is 3.96. The van der Waals surface area contributed by atoms with E-state index < -0.39 is 0 Å². The van der Waals surface area contributed by atoms with Crippen molar-refractivity contribution < 1.29 is 19.0 Å². The summed E-state index contributed by atoms with van der Waals surface area (Å²) in [6, 6.07) is 3.80. The van der Waals surface area contributed by atoms with Gasteiger partial charge in [0.2, 0.25) is 5.91 Å². The molecule has 2 aliphatic heterocycles. The molecule has 6 heteroatoms. The van der Waals surface area contributed by atoms with E-state index >= 15 is 0 Å². The van der Waals surface area contributed by atoms with Crippen molar-refractivity contribution in [2.24, 2.45) is 5.92 Å². The first-order valence-electron chi connectivity index (χ1n) is 7.67. The second kappa shape index (κ2) is 7.20. The molecule has 1 amide bonds. The highest BCUT2D eigenvalue weighted by atomic mass is 35.5. The zero-order valence-corrected chi connectivity index (χ0v) is 13.2. The van der Waals surface area contributed by atoms with Gasteiger partial charge in [-0.15, -0.1) is 0 Å². The van der Waals surface area contributed by atoms with Crippen LogP contribution in [0.5, 0.6) is 11.5 Å². The number of hydrogen-bond donors (Lipinski definition) is 1. The summed E-state index contributed by atoms with van der Waals surface area (Å²) in [5.41, 5.74) is 1.03. The summed E-state index contributed by atoms with van der Waals surface area (Å²) >= 11 is 6.20. The first-order valence-corrected chi connectivity index (χ1v) is 8.05. The van der Waals surface area contributed by atoms with Gasteiger partial charge in [0.05, 0.1) is 5.02 Å². The minimum Gasteiger partial charge on any atom is -0.486 e. The van der Waals surface area contributed by atoms with Crippen molar-refractivity contribution in [2.75, 3.05) is 33.0 Å². The number of amides is 1. The highest BCUT2D eigenvalue weighted by Gasteiger charge is 2.21. The first-order chi connectivity index (χ1) is 10.7. The van der Waals surface area contributed by atoms with E-state index in [4.69, 9.17) is 25.8 Å². The smallest absolute Gasteiger partial charge is 0.223 e. The molecule has 5 nitrogen and oxygen atoms in total. The normalized spacial score (nSPS) is 18.0. The van der Waals surface area contributed by atoms with Crippen molar-refractivity contribution in [3.8, 4) is 11.5 Å². The molecule has 2 heterocycles. The number of hydrogen-bond acceptors (Lipinski definition) is 4. The third-order valence-corrected chi connectivity index (χ3v) is 4.24. The Labute approximate surface area is 134 Å². The molecule has 0 radical (unpaired) electrons. The van der Waals surface area contributed by atoms with E-state index in [1.54, 1.807) is 0 Å². The van der Waals surface area contributed by atoms with Crippen LogP contribution in [0, 0.1) is 5.92 Å². The zero-order chi connectivity index (χ0) is 15.4. The van der Waals surface area contributed by atoms with Gasteiger partial charge in [0, 0.05) is 25.7 Å². The average molecular weight is 326 g/mol. The van der Waals surface area contributed by atoms with Crippen LogP contribution in [-0.2, 0) is 16.0 Å². The summed E-state index contributed by atoms with van der Waals surface area (Å²) in [5.74, 6) is 1.50. The van der Waals surface area contributed by atoms with Crippen molar-refractivity contribution in [2.45, 2.75) is 19.3 Å². The minimum atomic E-state index is 0.0811. The maximum atomic E-state index is 12.1. The van der Waals surface area contributed by atoms with Crippen molar-refractivity contribution in [1.82, 2.24) is 5.32 Å². The fourth-order valence-electron chi connectivity index (χ4n) is 2.74. The maximum Gasteiger partial charge on any atom is 0.223 e. The summed E-state index contributed by atoms with van der Waals surface area (Å²) in [6.45, 7) is 3.00. The lowest BCUT2D eigenvalue weighted by atomic mass is 9.99. The van der Waals surface area contributed by atoms with Crippen molar-refractivity contribution in [1.29, 1.82) is 0 Å². The highest BCUT2D eigenvalue weighted by Crippen LogP contribution is 2.38. The summed E-state index contributed by atoms with van der Waals surface area (Å²) in [7, 11) is 0. The molecule has 0 saturated carbocycles. The van der Waals surface area contributed by atoms with Crippen molar-refractivity contribution in [3.63, 3.8) is 0 Å². The van der Waals surface area contributed by atoms with Crippen LogP contribution in [0.15, 0.2) is 12.1 Å². The zero-order valence-electron chi connectivity index (χ0n) is 12.4. The first kappa shape index (κ1) is 15.4. The monoisotopic (exact) mass is 325 g/mol. The van der Waals surface area contributed by atoms with Crippen LogP contribution in [0.4, 0.5) is 0 Å². The van der Waals surface area contributed by atoms with Crippen molar-refractivity contribution in [3.05, 3.63) is 22.7 Å². The van der Waals surface area contributed by atoms with Gasteiger partial charge >= 0.3 is 0 Å². The lowest BCUT2D eigenvalue weighted by molar-refractivity contribution is -0.127. The molecule has 0 atom stereocenters. The molecule has 120 valence electrons. The number of rotatable bonds is 4. The maximum absolute atomic E-state index is 12.1. The fraction of sp³-hybridized carbons (Fsp3) is 0.562. The molecule has 2 aliphatic rings. The summed E-state index contributed by atoms with van der Waals surface area (Å²) < 4.78 is 16.3. The Balaban J connectivity index is 1.53. The second-order valence-corrected chi connectivity index (χ2v) is 5.94. The van der Waals surface area contributed by atoms with E-state index in [0.717, 1.165) is 18.4 Å². The summed E-state index contributed by atoms with van der Waals surface area (Å²) in [6.07, 6.45) is 2.33. The molecule has 0 aliphatic carbocycles. The molecule has 1 aromatic carbocycles. The van der Waals surface area contributed by atoms with Crippen LogP contribution in [-0.4, -0.2) is 38.9 Å². The Bertz CT molecular complexity index is 543. The van der Waals surface area contributed by atoms with E-state index in [1.165, 1.54) is 0 Å². The van der Waals surface area contributed by atoms with Gasteiger partial charge in [0.1, 0.15) is 13.2 Å². The molecular formula is C16H20ClNO4. The van der Waals surface area contributed by atoms with Gasteiger partial charge in [-0.1, -0.05) is 11.6 Å². The van der Waals surface area contributed by atoms with Crippen LogP contribution < -0.4 is 14.8 Å². The molecule has 0 bridgehead atoms. The van der Waals surface area contributed by atoms with Gasteiger partial charge in [0.25, 0.3) is 0 Å². The number of benzene rings is 1. The van der Waals surface area contributed by atoms with Gasteiger partial charge in [-0.3, -0.25) is 4.79 Å². The fourth-order valence-corrected chi connectivity index (χ4v) is 3.03. The highest BCUT2D eigenvalue weighted by molar-refractivity contribution is 6.32. The Hall–Kier alpha value is -1.46. The molecule has 22 heavy (non-hydrogen) atoms. The predicted octanol–water partition coefficient (Wildman–Crippen LogP) is 2.20. The quantitative estimate of drug-likeness (QED) is 0.922. The van der Waals surface area contributed by atoms with Gasteiger partial charge in [-0.2, -0.15) is 0 Å². The van der Waals surface area contributed by atoms with E-state index in [-0.39, 0.29) is 11.8 Å². The Morgan fingerprint density at radius 3 is 2.77 bits per heavy atom. The van der Waals surface area contributed by atoms with Gasteiger partial charge in [-0.05, 0) is 37.0 Å². The predicted molar refractivity (Wildman–Crippen MR) is 82.7 cm³/mol. The number of fused-ring (bicyclic) bond motifs is 1. The molecule has 3 rings (SSSR count). The van der Waals surface area contributed by atoms with Crippen molar-refractivity contribution >= 4 is 17.5 Å². The number of ether oxygens (including phenoxy) is 3. The molecule has 1 N–H and O–H groups in total. The molecule has 1 fully saturated rings. The summed E-state index contributed by atoms with van der Waals surface area (Å²) in [4.78, 5) is 12.1. The second-order valence-electron chi connectivity index (χ2n) is 5.53. The van der Waals surface area contributed by atoms with E-state index in [2.05, 4.69) is 5.32 Å². The van der Waals surface area contributed by atoms with Crippen LogP contribution >= 0.6 is 11.6 Å². The van der Waals surface area contributed by atoms with Crippen LogP contribution in [0.3, 0.4) is 0 Å². The Kier molecular flexibility index (Phi) is 5.05. The molecule has 0 spiro atoms. The number of halogens is 1. The largest absolute Gasteiger partial charge is 0.486 e. The minimum absolute atomic E-state index is 0.0811. The molecule has 0 aromatic heterocycles. The van der Waals surface area contributed by atoms with Crippen LogP contribution in [0.1, 0.15) is 18.4 Å². The topological polar surface area (TPSA) is 56.8 Å². The average Bonchev–Trinajstić information content (AvgIpc) is 2.56. The molecule has 0 unspecified atom stereocenters. The van der Waals surface area contributed by atoms with Gasteiger partial charge in [-0.25, -0.2) is 0 Å². The number of nitrogens with one attached hydrogen (secondary N) is 1. The Morgan fingerprint density at radius 1 is 1.18 bits per heavy atom. The number of carbonyl (C=O) groups is 1. The van der Waals surface area contributed by atoms with E-state index in [0.29, 0.717) is 55.9 Å². The standard InChI is InChI=1S/C16H20ClNO4/c17-13-9-11(10-14-15(13)22-8-7-21-14)1-4-18-16(19)12-2-5-20-6-3-12/h9-10,12H,1-8H2,(H,18,19). The van der Waals surface area contributed by atoms with Gasteiger partial charge in [0.15, 0.2) is 11.5 Å². The van der Waals surface area contributed by atoms with Crippen LogP contribution in [0.25, 0.3) is 0 Å². The van der Waals surface area contributed by atoms with Gasteiger partial charge < -0.3 is 19.5 Å². The van der Waals surface area contributed by atoms with Crippen LogP contribution in [0.2, 0.25) is 5.02 Å². The Morgan fingerprint density at radius 2 is 1.95 bits per heavy atom. The van der Waals surface area contributed by atoms with E-state index in [1.807, 2.05) is 12.1 Å². The third kappa shape index (κ3) is 3.65. The lowest BCUT2D eigenvalue weighted by Gasteiger charge is -2.22. The molecular weight excluding hydrogens is 306 g/mol.